The summed E-state index contributed by atoms with van der Waals surface area (Å²) in [7, 11) is 0. The van der Waals surface area contributed by atoms with Crippen molar-refractivity contribution < 1.29 is 0 Å². The zero-order chi connectivity index (χ0) is 15.5. The van der Waals surface area contributed by atoms with E-state index in [1.807, 2.05) is 23.9 Å². The maximum atomic E-state index is 4.63. The molecule has 5 heteroatoms. The van der Waals surface area contributed by atoms with Crippen LogP contribution in [0.4, 0.5) is 0 Å². The van der Waals surface area contributed by atoms with Crippen LogP contribution in [0.25, 0.3) is 5.95 Å². The van der Waals surface area contributed by atoms with Gasteiger partial charge in [-0.15, -0.1) is 0 Å². The van der Waals surface area contributed by atoms with E-state index in [0.29, 0.717) is 5.95 Å². The Morgan fingerprint density at radius 3 is 2.62 bits per heavy atom. The Bertz CT molecular complexity index is 595. The summed E-state index contributed by atoms with van der Waals surface area (Å²) in [5.41, 5.74) is 2.22. The summed E-state index contributed by atoms with van der Waals surface area (Å²) in [6.07, 6.45) is 7.63. The summed E-state index contributed by atoms with van der Waals surface area (Å²) >= 11 is 0. The number of aromatic nitrogens is 4. The molecule has 0 aliphatic heterocycles. The zero-order valence-electron chi connectivity index (χ0n) is 13.6. The minimum atomic E-state index is 0.0871. The SMILES string of the molecule is CCCc1nccn1-c1ncc(CNC(C)(C)C)c(C)n1. The highest BCUT2D eigenvalue weighted by Crippen LogP contribution is 2.12. The predicted molar refractivity (Wildman–Crippen MR) is 84.5 cm³/mol. The van der Waals surface area contributed by atoms with Crippen molar-refractivity contribution in [3.63, 3.8) is 0 Å². The molecule has 0 amide bonds. The summed E-state index contributed by atoms with van der Waals surface area (Å²) in [5, 5.41) is 3.47. The lowest BCUT2D eigenvalue weighted by Crippen LogP contribution is -2.35. The van der Waals surface area contributed by atoms with Gasteiger partial charge in [-0.1, -0.05) is 6.92 Å². The van der Waals surface area contributed by atoms with Crippen molar-refractivity contribution in [1.82, 2.24) is 24.8 Å². The molecular weight excluding hydrogens is 262 g/mol. The number of nitrogens with one attached hydrogen (secondary N) is 1. The van der Waals surface area contributed by atoms with Crippen molar-refractivity contribution in [2.45, 2.75) is 59.5 Å². The van der Waals surface area contributed by atoms with Gasteiger partial charge in [-0.2, -0.15) is 0 Å². The number of hydrogen-bond acceptors (Lipinski definition) is 4. The molecule has 0 spiro atoms. The lowest BCUT2D eigenvalue weighted by Gasteiger charge is -2.21. The van der Waals surface area contributed by atoms with E-state index in [9.17, 15) is 0 Å². The molecule has 0 atom stereocenters. The summed E-state index contributed by atoms with van der Waals surface area (Å²) < 4.78 is 1.97. The highest BCUT2D eigenvalue weighted by Gasteiger charge is 2.12. The minimum absolute atomic E-state index is 0.0871. The van der Waals surface area contributed by atoms with Crippen LogP contribution in [-0.2, 0) is 13.0 Å². The molecule has 0 fully saturated rings. The van der Waals surface area contributed by atoms with Crippen molar-refractivity contribution >= 4 is 0 Å². The third-order valence-corrected chi connectivity index (χ3v) is 3.28. The van der Waals surface area contributed by atoms with Crippen LogP contribution < -0.4 is 5.32 Å². The van der Waals surface area contributed by atoms with Crippen molar-refractivity contribution in [3.05, 3.63) is 35.7 Å². The molecule has 114 valence electrons. The van der Waals surface area contributed by atoms with E-state index in [4.69, 9.17) is 0 Å². The molecule has 21 heavy (non-hydrogen) atoms. The molecule has 0 aromatic carbocycles. The van der Waals surface area contributed by atoms with Crippen LogP contribution in [-0.4, -0.2) is 25.1 Å². The maximum absolute atomic E-state index is 4.63. The Labute approximate surface area is 126 Å². The van der Waals surface area contributed by atoms with E-state index in [-0.39, 0.29) is 5.54 Å². The Morgan fingerprint density at radius 1 is 1.24 bits per heavy atom. The highest BCUT2D eigenvalue weighted by molar-refractivity contribution is 5.23. The lowest BCUT2D eigenvalue weighted by molar-refractivity contribution is 0.423. The fraction of sp³-hybridized carbons (Fsp3) is 0.562. The van der Waals surface area contributed by atoms with Gasteiger partial charge < -0.3 is 5.32 Å². The van der Waals surface area contributed by atoms with Gasteiger partial charge in [0.15, 0.2) is 0 Å². The number of imidazole rings is 1. The van der Waals surface area contributed by atoms with Gasteiger partial charge in [-0.3, -0.25) is 4.57 Å². The number of aryl methyl sites for hydroxylation is 2. The minimum Gasteiger partial charge on any atom is -0.308 e. The van der Waals surface area contributed by atoms with Crippen LogP contribution in [0, 0.1) is 6.92 Å². The average Bonchev–Trinajstić information content (AvgIpc) is 2.85. The molecule has 0 bridgehead atoms. The largest absolute Gasteiger partial charge is 0.308 e. The van der Waals surface area contributed by atoms with E-state index >= 15 is 0 Å². The van der Waals surface area contributed by atoms with Crippen molar-refractivity contribution in [3.8, 4) is 5.95 Å². The summed E-state index contributed by atoms with van der Waals surface area (Å²) in [6, 6.07) is 0. The van der Waals surface area contributed by atoms with Gasteiger partial charge in [0.25, 0.3) is 0 Å². The number of hydrogen-bond donors (Lipinski definition) is 1. The summed E-state index contributed by atoms with van der Waals surface area (Å²) in [5.74, 6) is 1.71. The predicted octanol–water partition coefficient (Wildman–Crippen LogP) is 2.81. The maximum Gasteiger partial charge on any atom is 0.235 e. The van der Waals surface area contributed by atoms with Gasteiger partial charge in [0.2, 0.25) is 5.95 Å². The smallest absolute Gasteiger partial charge is 0.235 e. The third kappa shape index (κ3) is 4.11. The number of nitrogens with zero attached hydrogens (tertiary/aromatic N) is 4. The molecule has 0 saturated heterocycles. The van der Waals surface area contributed by atoms with Gasteiger partial charge in [-0.05, 0) is 34.1 Å². The van der Waals surface area contributed by atoms with E-state index in [0.717, 1.165) is 36.5 Å². The Kier molecular flexibility index (Phi) is 4.73. The van der Waals surface area contributed by atoms with Crippen molar-refractivity contribution in [2.75, 3.05) is 0 Å². The fourth-order valence-electron chi connectivity index (χ4n) is 2.05. The van der Waals surface area contributed by atoms with E-state index in [1.54, 1.807) is 6.20 Å². The average molecular weight is 287 g/mol. The third-order valence-electron chi connectivity index (χ3n) is 3.28. The summed E-state index contributed by atoms with van der Waals surface area (Å²) in [4.78, 5) is 13.5. The second-order valence-corrected chi connectivity index (χ2v) is 6.35. The Hall–Kier alpha value is -1.75. The van der Waals surface area contributed by atoms with Crippen LogP contribution in [0.3, 0.4) is 0 Å². The lowest BCUT2D eigenvalue weighted by atomic mass is 10.1. The first kappa shape index (κ1) is 15.6. The van der Waals surface area contributed by atoms with Gasteiger partial charge in [-0.25, -0.2) is 15.0 Å². The first-order valence-electron chi connectivity index (χ1n) is 7.51. The van der Waals surface area contributed by atoms with Gasteiger partial charge in [0.05, 0.1) is 0 Å². The molecule has 2 aromatic rings. The molecule has 0 saturated carbocycles. The molecule has 0 aliphatic carbocycles. The molecular formula is C16H25N5. The first-order valence-corrected chi connectivity index (χ1v) is 7.51. The molecule has 2 heterocycles. The van der Waals surface area contributed by atoms with Crippen LogP contribution >= 0.6 is 0 Å². The molecule has 2 rings (SSSR count). The molecule has 0 aliphatic rings. The zero-order valence-corrected chi connectivity index (χ0v) is 13.6. The molecule has 5 nitrogen and oxygen atoms in total. The standard InChI is InChI=1S/C16H25N5/c1-6-7-14-17-8-9-21(14)15-18-10-13(12(2)20-15)11-19-16(3,4)5/h8-10,19H,6-7,11H2,1-5H3. The van der Waals surface area contributed by atoms with Crippen molar-refractivity contribution in [1.29, 1.82) is 0 Å². The Morgan fingerprint density at radius 2 is 2.00 bits per heavy atom. The second kappa shape index (κ2) is 6.35. The molecule has 1 N–H and O–H groups in total. The number of rotatable bonds is 5. The Balaban J connectivity index is 2.20. The van der Waals surface area contributed by atoms with Crippen LogP contribution in [0.2, 0.25) is 0 Å². The van der Waals surface area contributed by atoms with Crippen LogP contribution in [0.5, 0.6) is 0 Å². The quantitative estimate of drug-likeness (QED) is 0.918. The normalized spacial score (nSPS) is 11.9. The second-order valence-electron chi connectivity index (χ2n) is 6.35. The van der Waals surface area contributed by atoms with Crippen molar-refractivity contribution in [2.24, 2.45) is 0 Å². The van der Waals surface area contributed by atoms with E-state index < -0.39 is 0 Å². The fourth-order valence-corrected chi connectivity index (χ4v) is 2.05. The van der Waals surface area contributed by atoms with Gasteiger partial charge >= 0.3 is 0 Å². The first-order chi connectivity index (χ1) is 9.90. The molecule has 2 aromatic heterocycles. The van der Waals surface area contributed by atoms with Gasteiger partial charge in [0.1, 0.15) is 5.82 Å². The van der Waals surface area contributed by atoms with E-state index in [2.05, 4.69) is 48.0 Å². The summed E-state index contributed by atoms with van der Waals surface area (Å²) in [6.45, 7) is 11.4. The molecule has 0 radical (unpaired) electrons. The van der Waals surface area contributed by atoms with E-state index in [1.165, 1.54) is 0 Å². The highest BCUT2D eigenvalue weighted by atomic mass is 15.2. The van der Waals surface area contributed by atoms with Crippen LogP contribution in [0.15, 0.2) is 18.6 Å². The monoisotopic (exact) mass is 287 g/mol. The molecule has 0 unspecified atom stereocenters. The van der Waals surface area contributed by atoms with Gasteiger partial charge in [0, 0.05) is 48.4 Å². The topological polar surface area (TPSA) is 55.6 Å². The van der Waals surface area contributed by atoms with Crippen LogP contribution in [0.1, 0.15) is 51.2 Å².